The molecular weight excluding hydrogens is 385 g/mol. The van der Waals surface area contributed by atoms with Crippen molar-refractivity contribution in [2.45, 2.75) is 0 Å². The van der Waals surface area contributed by atoms with E-state index in [0.29, 0.717) is 25.1 Å². The molecule has 0 aliphatic rings. The number of carbonyl (C=O) groups is 1. The number of hydrogen-bond acceptors (Lipinski definition) is 7. The predicted molar refractivity (Wildman–Crippen MR) is 88.8 cm³/mol. The van der Waals surface area contributed by atoms with Gasteiger partial charge in [0.1, 0.15) is 9.26 Å². The maximum atomic E-state index is 12.0. The maximum Gasteiger partial charge on any atom is 0.433 e. The van der Waals surface area contributed by atoms with E-state index in [4.69, 9.17) is 27.6 Å². The maximum absolute atomic E-state index is 12.0. The third kappa shape index (κ3) is 3.37. The van der Waals surface area contributed by atoms with Crippen LogP contribution in [-0.4, -0.2) is 15.8 Å². The number of amides is 1. The van der Waals surface area contributed by atoms with Crippen LogP contribution in [0.25, 0.3) is 11.3 Å². The summed E-state index contributed by atoms with van der Waals surface area (Å²) in [6.07, 6.45) is 0. The van der Waals surface area contributed by atoms with Crippen LogP contribution in [0.3, 0.4) is 0 Å². The fourth-order valence-electron chi connectivity index (χ4n) is 1.68. The number of nitrogens with zero attached hydrogens (tertiary/aromatic N) is 2. The number of hydrogen-bond donors (Lipinski definition) is 1. The molecule has 23 heavy (non-hydrogen) atoms. The molecule has 0 spiro atoms. The van der Waals surface area contributed by atoms with Gasteiger partial charge in [0.2, 0.25) is 0 Å². The van der Waals surface area contributed by atoms with Gasteiger partial charge in [-0.15, -0.1) is 22.7 Å². The quantitative estimate of drug-likeness (QED) is 0.503. The van der Waals surface area contributed by atoms with Crippen LogP contribution in [-0.2, 0) is 0 Å². The third-order valence-corrected chi connectivity index (χ3v) is 4.90. The Morgan fingerprint density at radius 1 is 1.39 bits per heavy atom. The highest BCUT2D eigenvalue weighted by atomic mass is 35.5. The Kier molecular flexibility index (Phi) is 4.35. The van der Waals surface area contributed by atoms with Gasteiger partial charge in [-0.3, -0.25) is 20.2 Å². The highest BCUT2D eigenvalue weighted by molar-refractivity contribution is 7.20. The van der Waals surface area contributed by atoms with E-state index < -0.39 is 16.7 Å². The Morgan fingerprint density at radius 2 is 2.17 bits per heavy atom. The average Bonchev–Trinajstić information content (AvgIpc) is 3.18. The van der Waals surface area contributed by atoms with Gasteiger partial charge in [0.25, 0.3) is 5.91 Å². The van der Waals surface area contributed by atoms with Gasteiger partial charge in [-0.25, -0.2) is 4.98 Å². The topological polar surface area (TPSA) is 98.3 Å². The minimum Gasteiger partial charge on any atom is -0.395 e. The molecular formula is C12H5Cl2N3O4S2. The molecule has 0 aliphatic heterocycles. The highest BCUT2D eigenvalue weighted by Gasteiger charge is 2.19. The Labute approximate surface area is 146 Å². The van der Waals surface area contributed by atoms with E-state index in [0.717, 1.165) is 6.07 Å². The number of furan rings is 1. The number of nitro groups is 1. The van der Waals surface area contributed by atoms with Gasteiger partial charge in [0.05, 0.1) is 16.1 Å². The summed E-state index contributed by atoms with van der Waals surface area (Å²) >= 11 is 14.3. The fraction of sp³-hybridized carbons (Fsp3) is 0. The first-order valence-electron chi connectivity index (χ1n) is 5.90. The number of thiophene rings is 1. The Bertz CT molecular complexity index is 902. The molecule has 0 bridgehead atoms. The number of nitrogens with one attached hydrogen (secondary N) is 1. The van der Waals surface area contributed by atoms with Gasteiger partial charge in [-0.1, -0.05) is 23.2 Å². The molecule has 0 saturated carbocycles. The van der Waals surface area contributed by atoms with E-state index in [9.17, 15) is 14.9 Å². The molecule has 0 atom stereocenters. The predicted octanol–water partition coefficient (Wildman–Crippen LogP) is 4.93. The Morgan fingerprint density at radius 3 is 2.78 bits per heavy atom. The molecule has 0 unspecified atom stereocenters. The summed E-state index contributed by atoms with van der Waals surface area (Å²) in [5, 5.41) is 15.1. The van der Waals surface area contributed by atoms with E-state index >= 15 is 0 Å². The van der Waals surface area contributed by atoms with Crippen LogP contribution in [0.2, 0.25) is 8.67 Å². The van der Waals surface area contributed by atoms with Crippen LogP contribution < -0.4 is 5.32 Å². The van der Waals surface area contributed by atoms with Crippen LogP contribution in [0, 0.1) is 10.1 Å². The van der Waals surface area contributed by atoms with Crippen molar-refractivity contribution in [3.8, 4) is 11.3 Å². The molecule has 0 fully saturated rings. The van der Waals surface area contributed by atoms with Crippen molar-refractivity contribution in [2.75, 3.05) is 5.32 Å². The third-order valence-electron chi connectivity index (χ3n) is 2.65. The number of carbonyl (C=O) groups excluding carboxylic acids is 1. The molecule has 0 aliphatic carbocycles. The first-order chi connectivity index (χ1) is 10.9. The first kappa shape index (κ1) is 15.9. The van der Waals surface area contributed by atoms with E-state index in [1.54, 1.807) is 11.4 Å². The van der Waals surface area contributed by atoms with Gasteiger partial charge in [0.15, 0.2) is 10.9 Å². The lowest BCUT2D eigenvalue weighted by Gasteiger charge is -1.97. The lowest BCUT2D eigenvalue weighted by Crippen LogP contribution is -2.10. The summed E-state index contributed by atoms with van der Waals surface area (Å²) in [5.74, 6) is -1.31. The van der Waals surface area contributed by atoms with Gasteiger partial charge in [-0.05, 0) is 12.1 Å². The molecule has 118 valence electrons. The van der Waals surface area contributed by atoms with Crippen molar-refractivity contribution in [2.24, 2.45) is 0 Å². The molecule has 3 rings (SSSR count). The van der Waals surface area contributed by atoms with Gasteiger partial charge >= 0.3 is 5.88 Å². The number of thiazole rings is 1. The second-order valence-electron chi connectivity index (χ2n) is 4.12. The minimum absolute atomic E-state index is 0.176. The number of halogens is 2. The molecule has 0 aromatic carbocycles. The van der Waals surface area contributed by atoms with E-state index in [1.807, 2.05) is 0 Å². The largest absolute Gasteiger partial charge is 0.433 e. The van der Waals surface area contributed by atoms with Crippen LogP contribution in [0.15, 0.2) is 28.0 Å². The average molecular weight is 390 g/mol. The lowest BCUT2D eigenvalue weighted by molar-refractivity contribution is -0.402. The van der Waals surface area contributed by atoms with Crippen LogP contribution >= 0.6 is 45.9 Å². The lowest BCUT2D eigenvalue weighted by atomic mass is 10.3. The second kappa shape index (κ2) is 6.28. The minimum atomic E-state index is -0.722. The van der Waals surface area contributed by atoms with Crippen molar-refractivity contribution in [1.82, 2.24) is 4.98 Å². The molecule has 3 heterocycles. The monoisotopic (exact) mass is 389 g/mol. The van der Waals surface area contributed by atoms with E-state index in [-0.39, 0.29) is 5.76 Å². The molecule has 0 saturated heterocycles. The van der Waals surface area contributed by atoms with Crippen molar-refractivity contribution in [3.63, 3.8) is 0 Å². The summed E-state index contributed by atoms with van der Waals surface area (Å²) < 4.78 is 5.86. The van der Waals surface area contributed by atoms with Crippen molar-refractivity contribution >= 4 is 62.8 Å². The van der Waals surface area contributed by atoms with Gasteiger partial charge in [-0.2, -0.15) is 0 Å². The summed E-state index contributed by atoms with van der Waals surface area (Å²) in [6.45, 7) is 0. The summed E-state index contributed by atoms with van der Waals surface area (Å²) in [7, 11) is 0. The van der Waals surface area contributed by atoms with Crippen molar-refractivity contribution in [3.05, 3.63) is 48.1 Å². The molecule has 1 amide bonds. The highest BCUT2D eigenvalue weighted by Crippen LogP contribution is 2.39. The Balaban J connectivity index is 1.77. The molecule has 1 N–H and O–H groups in total. The van der Waals surface area contributed by atoms with Crippen molar-refractivity contribution in [1.29, 1.82) is 0 Å². The molecule has 3 aromatic heterocycles. The van der Waals surface area contributed by atoms with Crippen LogP contribution in [0.4, 0.5) is 11.0 Å². The summed E-state index contributed by atoms with van der Waals surface area (Å²) in [4.78, 5) is 26.0. The summed E-state index contributed by atoms with van der Waals surface area (Å²) in [6, 6.07) is 4.01. The molecule has 0 radical (unpaired) electrons. The Hall–Kier alpha value is -1.94. The number of rotatable bonds is 4. The van der Waals surface area contributed by atoms with E-state index in [1.165, 1.54) is 28.7 Å². The first-order valence-corrected chi connectivity index (χ1v) is 8.35. The van der Waals surface area contributed by atoms with Gasteiger partial charge < -0.3 is 4.42 Å². The number of anilines is 1. The van der Waals surface area contributed by atoms with Crippen LogP contribution in [0.5, 0.6) is 0 Å². The smallest absolute Gasteiger partial charge is 0.395 e. The zero-order valence-electron chi connectivity index (χ0n) is 10.9. The molecule has 3 aromatic rings. The fourth-order valence-corrected chi connectivity index (χ4v) is 3.86. The van der Waals surface area contributed by atoms with E-state index in [2.05, 4.69) is 10.3 Å². The zero-order chi connectivity index (χ0) is 16.6. The second-order valence-corrected chi connectivity index (χ2v) is 7.27. The van der Waals surface area contributed by atoms with Gasteiger partial charge in [0, 0.05) is 10.9 Å². The molecule has 11 heteroatoms. The normalized spacial score (nSPS) is 10.7. The number of aromatic nitrogens is 1. The zero-order valence-corrected chi connectivity index (χ0v) is 14.1. The summed E-state index contributed by atoms with van der Waals surface area (Å²) in [5.41, 5.74) is 1.25. The standard InChI is InChI=1S/C12H5Cl2N3O4S2/c13-8-3-5(10(14)23-8)6-4-22-12(15-6)16-11(18)7-1-2-9(21-7)17(19)20/h1-4H,(H,15,16,18). The van der Waals surface area contributed by atoms with Crippen molar-refractivity contribution < 1.29 is 14.1 Å². The molecule has 7 nitrogen and oxygen atoms in total. The SMILES string of the molecule is O=C(Nc1nc(-c2cc(Cl)sc2Cl)cs1)c1ccc([N+](=O)[O-])o1. The van der Waals surface area contributed by atoms with Crippen LogP contribution in [0.1, 0.15) is 10.6 Å².